The maximum absolute atomic E-state index is 11.8. The predicted molar refractivity (Wildman–Crippen MR) is 124 cm³/mol. The van der Waals surface area contributed by atoms with Gasteiger partial charge in [-0.3, -0.25) is 0 Å². The lowest BCUT2D eigenvalue weighted by molar-refractivity contribution is -0.138. The van der Waals surface area contributed by atoms with Crippen molar-refractivity contribution in [1.82, 2.24) is 9.80 Å². The van der Waals surface area contributed by atoms with Gasteiger partial charge in [0.1, 0.15) is 6.61 Å². The quantitative estimate of drug-likeness (QED) is 0.200. The largest absolute Gasteiger partial charge is 0.461 e. The molecule has 1 unspecified atom stereocenters. The number of carbonyl (C=O) groups excluding carboxylic acids is 1. The highest BCUT2D eigenvalue weighted by atomic mass is 16.5. The molecule has 0 aromatic carbocycles. The number of hydrogen-bond donors (Lipinski definition) is 0. The second kappa shape index (κ2) is 16.4. The van der Waals surface area contributed by atoms with Crippen LogP contribution in [0.3, 0.4) is 0 Å². The summed E-state index contributed by atoms with van der Waals surface area (Å²) in [7, 11) is 0. The molecule has 0 spiro atoms. The molecule has 29 heavy (non-hydrogen) atoms. The summed E-state index contributed by atoms with van der Waals surface area (Å²) >= 11 is 0. The van der Waals surface area contributed by atoms with E-state index in [-0.39, 0.29) is 5.97 Å². The van der Waals surface area contributed by atoms with Crippen molar-refractivity contribution < 1.29 is 9.53 Å². The number of hydrogen-bond acceptors (Lipinski definition) is 4. The third kappa shape index (κ3) is 12.0. The summed E-state index contributed by atoms with van der Waals surface area (Å²) in [6, 6.07) is 0. The van der Waals surface area contributed by atoms with Gasteiger partial charge in [-0.2, -0.15) is 0 Å². The molecule has 0 radical (unpaired) electrons. The third-order valence-electron chi connectivity index (χ3n) is 5.82. The van der Waals surface area contributed by atoms with Crippen LogP contribution >= 0.6 is 0 Å². The monoisotopic (exact) mass is 404 g/mol. The van der Waals surface area contributed by atoms with E-state index in [0.29, 0.717) is 12.5 Å². The number of carbonyl (C=O) groups is 1. The van der Waals surface area contributed by atoms with Gasteiger partial charge in [0.15, 0.2) is 0 Å². The fraction of sp³-hybridized carbons (Fsp3) is 0.720. The standard InChI is InChI=1S/C25H44N2O2/c1-5-26(6-2)20-12-10-9-11-13-23-14-16-24(17-15-23)18-19-25(28)29-22-21-27(7-3)8-4/h14-16,18-19,24H,5-13,17,20-22H2,1-4H3. The van der Waals surface area contributed by atoms with Gasteiger partial charge in [-0.1, -0.05) is 70.4 Å². The van der Waals surface area contributed by atoms with Crippen molar-refractivity contribution in [2.75, 3.05) is 45.9 Å². The molecule has 166 valence electrons. The van der Waals surface area contributed by atoms with Crippen molar-refractivity contribution in [3.8, 4) is 0 Å². The molecule has 1 aliphatic rings. The fourth-order valence-corrected chi connectivity index (χ4v) is 3.63. The molecule has 4 nitrogen and oxygen atoms in total. The van der Waals surface area contributed by atoms with Crippen LogP contribution in [0.4, 0.5) is 0 Å². The minimum absolute atomic E-state index is 0.231. The zero-order chi connectivity index (χ0) is 21.3. The second-order valence-electron chi connectivity index (χ2n) is 7.78. The summed E-state index contributed by atoms with van der Waals surface area (Å²) in [5.41, 5.74) is 1.44. The lowest BCUT2D eigenvalue weighted by atomic mass is 9.93. The minimum atomic E-state index is -0.231. The first-order valence-electron chi connectivity index (χ1n) is 11.8. The average molecular weight is 405 g/mol. The first kappa shape index (κ1) is 25.6. The Morgan fingerprint density at radius 3 is 2.28 bits per heavy atom. The lowest BCUT2D eigenvalue weighted by Gasteiger charge is -2.17. The smallest absolute Gasteiger partial charge is 0.330 e. The second-order valence-corrected chi connectivity index (χ2v) is 7.78. The van der Waals surface area contributed by atoms with E-state index in [1.807, 2.05) is 6.08 Å². The SMILES string of the molecule is CCN(CC)CCCCCCC1=CCC(C=CC(=O)OCCN(CC)CC)C=C1. The van der Waals surface area contributed by atoms with Gasteiger partial charge < -0.3 is 14.5 Å². The summed E-state index contributed by atoms with van der Waals surface area (Å²) < 4.78 is 5.29. The molecule has 0 amide bonds. The molecule has 0 aromatic heterocycles. The Hall–Kier alpha value is -1.39. The number of esters is 1. The van der Waals surface area contributed by atoms with Crippen LogP contribution in [-0.4, -0.2) is 61.6 Å². The van der Waals surface area contributed by atoms with Crippen molar-refractivity contribution in [2.45, 2.75) is 66.2 Å². The van der Waals surface area contributed by atoms with Crippen LogP contribution in [0.1, 0.15) is 66.2 Å². The van der Waals surface area contributed by atoms with Gasteiger partial charge in [-0.25, -0.2) is 4.79 Å². The van der Waals surface area contributed by atoms with E-state index in [9.17, 15) is 4.79 Å². The van der Waals surface area contributed by atoms with Gasteiger partial charge in [0, 0.05) is 12.6 Å². The number of ether oxygens (including phenoxy) is 1. The Kier molecular flexibility index (Phi) is 14.5. The molecule has 0 aromatic rings. The van der Waals surface area contributed by atoms with E-state index >= 15 is 0 Å². The molecule has 0 bridgehead atoms. The van der Waals surface area contributed by atoms with Crippen LogP contribution < -0.4 is 0 Å². The van der Waals surface area contributed by atoms with Crippen LogP contribution in [0.2, 0.25) is 0 Å². The molecule has 0 saturated heterocycles. The van der Waals surface area contributed by atoms with Crippen molar-refractivity contribution >= 4 is 5.97 Å². The van der Waals surface area contributed by atoms with Crippen molar-refractivity contribution in [3.05, 3.63) is 36.0 Å². The summed E-state index contributed by atoms with van der Waals surface area (Å²) in [5, 5.41) is 0. The Morgan fingerprint density at radius 1 is 1.00 bits per heavy atom. The predicted octanol–water partition coefficient (Wildman–Crippen LogP) is 5.22. The highest BCUT2D eigenvalue weighted by Crippen LogP contribution is 2.21. The molecule has 1 aliphatic carbocycles. The van der Waals surface area contributed by atoms with Gasteiger partial charge in [-0.15, -0.1) is 0 Å². The Balaban J connectivity index is 2.14. The number of nitrogens with zero attached hydrogens (tertiary/aromatic N) is 2. The van der Waals surface area contributed by atoms with Gasteiger partial charge in [0.2, 0.25) is 0 Å². The van der Waals surface area contributed by atoms with E-state index in [4.69, 9.17) is 4.74 Å². The third-order valence-corrected chi connectivity index (χ3v) is 5.82. The Labute approximate surface area is 179 Å². The number of allylic oxidation sites excluding steroid dienone is 5. The summed E-state index contributed by atoms with van der Waals surface area (Å²) in [4.78, 5) is 16.6. The van der Waals surface area contributed by atoms with Crippen LogP contribution in [0.25, 0.3) is 0 Å². The molecule has 0 saturated carbocycles. The van der Waals surface area contributed by atoms with E-state index < -0.39 is 0 Å². The first-order valence-corrected chi connectivity index (χ1v) is 11.8. The molecule has 1 rings (SSSR count). The van der Waals surface area contributed by atoms with Gasteiger partial charge >= 0.3 is 5.97 Å². The van der Waals surface area contributed by atoms with E-state index in [1.165, 1.54) is 44.2 Å². The van der Waals surface area contributed by atoms with Crippen LogP contribution in [-0.2, 0) is 9.53 Å². The first-order chi connectivity index (χ1) is 14.1. The zero-order valence-corrected chi connectivity index (χ0v) is 19.4. The normalized spacial score (nSPS) is 16.8. The molecule has 1 atom stereocenters. The highest BCUT2D eigenvalue weighted by Gasteiger charge is 2.07. The lowest BCUT2D eigenvalue weighted by Crippen LogP contribution is -2.27. The molecule has 0 heterocycles. The van der Waals surface area contributed by atoms with E-state index in [0.717, 1.165) is 39.1 Å². The summed E-state index contributed by atoms with van der Waals surface area (Å²) in [6.45, 7) is 15.5. The molecular weight excluding hydrogens is 360 g/mol. The summed E-state index contributed by atoms with van der Waals surface area (Å²) in [5.74, 6) is 0.0770. The topological polar surface area (TPSA) is 32.8 Å². The molecule has 0 fully saturated rings. The number of likely N-dealkylation sites (N-methyl/N-ethyl adjacent to an activating group) is 1. The van der Waals surface area contributed by atoms with Gasteiger partial charge in [0.25, 0.3) is 0 Å². The molecule has 0 aliphatic heterocycles. The minimum Gasteiger partial charge on any atom is -0.461 e. The zero-order valence-electron chi connectivity index (χ0n) is 19.4. The molecular formula is C25H44N2O2. The maximum atomic E-state index is 11.8. The molecule has 0 N–H and O–H groups in total. The van der Waals surface area contributed by atoms with E-state index in [1.54, 1.807) is 6.08 Å². The van der Waals surface area contributed by atoms with Crippen molar-refractivity contribution in [2.24, 2.45) is 5.92 Å². The van der Waals surface area contributed by atoms with Crippen LogP contribution in [0, 0.1) is 5.92 Å². The van der Waals surface area contributed by atoms with Crippen molar-refractivity contribution in [3.63, 3.8) is 0 Å². The van der Waals surface area contributed by atoms with Gasteiger partial charge in [-0.05, 0) is 64.3 Å². The molecule has 4 heteroatoms. The average Bonchev–Trinajstić information content (AvgIpc) is 2.75. The maximum Gasteiger partial charge on any atom is 0.330 e. The van der Waals surface area contributed by atoms with Crippen LogP contribution in [0.15, 0.2) is 36.0 Å². The Bertz CT molecular complexity index is 517. The summed E-state index contributed by atoms with van der Waals surface area (Å²) in [6.07, 6.45) is 17.7. The Morgan fingerprint density at radius 2 is 1.66 bits per heavy atom. The van der Waals surface area contributed by atoms with Crippen LogP contribution in [0.5, 0.6) is 0 Å². The highest BCUT2D eigenvalue weighted by molar-refractivity contribution is 5.82. The fourth-order valence-electron chi connectivity index (χ4n) is 3.63. The van der Waals surface area contributed by atoms with Gasteiger partial charge in [0.05, 0.1) is 0 Å². The number of rotatable bonds is 16. The van der Waals surface area contributed by atoms with Crippen molar-refractivity contribution in [1.29, 1.82) is 0 Å². The number of unbranched alkanes of at least 4 members (excludes halogenated alkanes) is 3. The van der Waals surface area contributed by atoms with E-state index in [2.05, 4.69) is 55.7 Å².